The summed E-state index contributed by atoms with van der Waals surface area (Å²) in [5.74, 6) is -1.96. The van der Waals surface area contributed by atoms with Crippen LogP contribution in [0.25, 0.3) is 0 Å². The van der Waals surface area contributed by atoms with Crippen LogP contribution < -0.4 is 4.74 Å². The Balaban J connectivity index is 1.61. The molecule has 2 nitrogen and oxygen atoms in total. The lowest BCUT2D eigenvalue weighted by Gasteiger charge is -2.30. The summed E-state index contributed by atoms with van der Waals surface area (Å²) in [7, 11) is 1.33. The molecule has 1 fully saturated rings. The number of benzene rings is 2. The molecular formula is C23H26F2O2. The van der Waals surface area contributed by atoms with Crippen LogP contribution in [0.5, 0.6) is 5.75 Å². The van der Waals surface area contributed by atoms with Gasteiger partial charge < -0.3 is 9.47 Å². The molecule has 27 heavy (non-hydrogen) atoms. The van der Waals surface area contributed by atoms with Crippen molar-refractivity contribution in [1.29, 1.82) is 0 Å². The lowest BCUT2D eigenvalue weighted by atomic mass is 9.89. The lowest BCUT2D eigenvalue weighted by Crippen LogP contribution is -2.20. The van der Waals surface area contributed by atoms with E-state index in [1.165, 1.54) is 18.7 Å². The molecule has 144 valence electrons. The Kier molecular flexibility index (Phi) is 6.62. The first-order chi connectivity index (χ1) is 13.1. The molecule has 0 aliphatic carbocycles. The van der Waals surface area contributed by atoms with E-state index in [0.717, 1.165) is 31.2 Å². The van der Waals surface area contributed by atoms with Crippen LogP contribution in [0.1, 0.15) is 54.9 Å². The fourth-order valence-corrected chi connectivity index (χ4v) is 3.59. The maximum Gasteiger partial charge on any atom is 0.200 e. The number of hydrogen-bond acceptors (Lipinski definition) is 2. The molecule has 2 aromatic carbocycles. The molecule has 0 amide bonds. The molecule has 3 rings (SSSR count). The first-order valence-corrected chi connectivity index (χ1v) is 9.47. The molecule has 1 aliphatic heterocycles. The van der Waals surface area contributed by atoms with Gasteiger partial charge in [-0.2, -0.15) is 4.39 Å². The number of aryl methyl sites for hydroxylation is 1. The van der Waals surface area contributed by atoms with E-state index in [9.17, 15) is 8.78 Å². The van der Waals surface area contributed by atoms with Gasteiger partial charge in [-0.15, -0.1) is 0 Å². The van der Waals surface area contributed by atoms with Gasteiger partial charge >= 0.3 is 0 Å². The van der Waals surface area contributed by atoms with E-state index in [0.29, 0.717) is 12.2 Å². The highest BCUT2D eigenvalue weighted by Crippen LogP contribution is 2.37. The monoisotopic (exact) mass is 372 g/mol. The molecule has 4 heteroatoms. The van der Waals surface area contributed by atoms with Crippen LogP contribution in [0.15, 0.2) is 48.6 Å². The van der Waals surface area contributed by atoms with Gasteiger partial charge in [0.1, 0.15) is 0 Å². The van der Waals surface area contributed by atoms with E-state index < -0.39 is 11.6 Å². The summed E-state index contributed by atoms with van der Waals surface area (Å²) in [6.07, 6.45) is 7.86. The highest BCUT2D eigenvalue weighted by molar-refractivity contribution is 5.33. The highest BCUT2D eigenvalue weighted by atomic mass is 19.2. The number of methoxy groups -OCH3 is 1. The summed E-state index contributed by atoms with van der Waals surface area (Å²) in [5, 5.41) is 0. The molecule has 2 atom stereocenters. The zero-order valence-electron chi connectivity index (χ0n) is 15.9. The fourth-order valence-electron chi connectivity index (χ4n) is 3.59. The third-order valence-corrected chi connectivity index (χ3v) is 5.20. The molecule has 2 aromatic rings. The van der Waals surface area contributed by atoms with Gasteiger partial charge in [-0.1, -0.05) is 42.5 Å². The van der Waals surface area contributed by atoms with E-state index >= 15 is 0 Å². The van der Waals surface area contributed by atoms with Crippen molar-refractivity contribution in [3.63, 3.8) is 0 Å². The van der Waals surface area contributed by atoms with Gasteiger partial charge in [-0.25, -0.2) is 4.39 Å². The summed E-state index contributed by atoms with van der Waals surface area (Å²) in [6, 6.07) is 11.6. The Morgan fingerprint density at radius 2 is 1.85 bits per heavy atom. The van der Waals surface area contributed by atoms with E-state index in [4.69, 9.17) is 9.47 Å². The second-order valence-corrected chi connectivity index (χ2v) is 6.93. The predicted octanol–water partition coefficient (Wildman–Crippen LogP) is 6.12. The van der Waals surface area contributed by atoms with Crippen molar-refractivity contribution in [1.82, 2.24) is 0 Å². The third-order valence-electron chi connectivity index (χ3n) is 5.20. The van der Waals surface area contributed by atoms with E-state index in [1.807, 2.05) is 6.92 Å². The van der Waals surface area contributed by atoms with Crippen LogP contribution >= 0.6 is 0 Å². The minimum Gasteiger partial charge on any atom is -0.494 e. The van der Waals surface area contributed by atoms with Crippen LogP contribution in [-0.4, -0.2) is 13.7 Å². The van der Waals surface area contributed by atoms with Gasteiger partial charge in [0.15, 0.2) is 11.6 Å². The standard InChI is InChI=1S/C23H26F2O2/c1-3-4-5-6-16-7-9-17(10-8-16)20-13-11-18(15-27-20)19-12-14-21(26-2)23(25)22(19)24/h3-4,7-10,12,14,18,20H,5-6,11,13,15H2,1-2H3/b4-3+. The van der Waals surface area contributed by atoms with Crippen LogP contribution in [0.2, 0.25) is 0 Å². The Bertz CT molecular complexity index is 776. The summed E-state index contributed by atoms with van der Waals surface area (Å²) in [6.45, 7) is 2.42. The zero-order chi connectivity index (χ0) is 19.2. The number of halogens is 2. The van der Waals surface area contributed by atoms with Crippen LogP contribution in [0.3, 0.4) is 0 Å². The van der Waals surface area contributed by atoms with Crippen molar-refractivity contribution in [2.24, 2.45) is 0 Å². The number of ether oxygens (including phenoxy) is 2. The second kappa shape index (κ2) is 9.14. The summed E-state index contributed by atoms with van der Waals surface area (Å²) in [5.41, 5.74) is 2.82. The minimum absolute atomic E-state index is 0.0111. The normalized spacial score (nSPS) is 20.1. The molecule has 0 N–H and O–H groups in total. The zero-order valence-corrected chi connectivity index (χ0v) is 15.9. The Morgan fingerprint density at radius 1 is 1.07 bits per heavy atom. The van der Waals surface area contributed by atoms with Crippen molar-refractivity contribution < 1.29 is 18.3 Å². The number of rotatable bonds is 6. The summed E-state index contributed by atoms with van der Waals surface area (Å²) >= 11 is 0. The van der Waals surface area contributed by atoms with Gasteiger partial charge in [-0.05, 0) is 55.4 Å². The quantitative estimate of drug-likeness (QED) is 0.569. The molecule has 1 heterocycles. The first kappa shape index (κ1) is 19.6. The topological polar surface area (TPSA) is 18.5 Å². The smallest absolute Gasteiger partial charge is 0.200 e. The first-order valence-electron chi connectivity index (χ1n) is 9.47. The van der Waals surface area contributed by atoms with E-state index in [1.54, 1.807) is 6.07 Å². The Hall–Kier alpha value is -2.20. The molecule has 1 saturated heterocycles. The average molecular weight is 372 g/mol. The Morgan fingerprint density at radius 3 is 2.48 bits per heavy atom. The van der Waals surface area contributed by atoms with Gasteiger partial charge in [-0.3, -0.25) is 0 Å². The largest absolute Gasteiger partial charge is 0.494 e. The molecular weight excluding hydrogens is 346 g/mol. The molecule has 0 spiro atoms. The summed E-state index contributed by atoms with van der Waals surface area (Å²) < 4.78 is 39.1. The van der Waals surface area contributed by atoms with Gasteiger partial charge in [0.05, 0.1) is 19.8 Å². The maximum atomic E-state index is 14.3. The second-order valence-electron chi connectivity index (χ2n) is 6.93. The Labute approximate surface area is 159 Å². The number of allylic oxidation sites excluding steroid dienone is 2. The lowest BCUT2D eigenvalue weighted by molar-refractivity contribution is 0.00160. The van der Waals surface area contributed by atoms with Crippen molar-refractivity contribution in [2.75, 3.05) is 13.7 Å². The predicted molar refractivity (Wildman–Crippen MR) is 103 cm³/mol. The molecule has 0 bridgehead atoms. The van der Waals surface area contributed by atoms with Gasteiger partial charge in [0.2, 0.25) is 5.82 Å². The third kappa shape index (κ3) is 4.56. The van der Waals surface area contributed by atoms with E-state index in [2.05, 4.69) is 36.4 Å². The highest BCUT2D eigenvalue weighted by Gasteiger charge is 2.27. The van der Waals surface area contributed by atoms with Crippen LogP contribution in [-0.2, 0) is 11.2 Å². The van der Waals surface area contributed by atoms with E-state index in [-0.39, 0.29) is 17.8 Å². The van der Waals surface area contributed by atoms with Crippen LogP contribution in [0, 0.1) is 11.6 Å². The molecule has 0 radical (unpaired) electrons. The van der Waals surface area contributed by atoms with Crippen molar-refractivity contribution in [3.05, 3.63) is 76.9 Å². The summed E-state index contributed by atoms with van der Waals surface area (Å²) in [4.78, 5) is 0. The van der Waals surface area contributed by atoms with Crippen molar-refractivity contribution in [2.45, 2.75) is 44.6 Å². The van der Waals surface area contributed by atoms with Gasteiger partial charge in [0, 0.05) is 5.92 Å². The molecule has 1 aliphatic rings. The molecule has 0 aromatic heterocycles. The van der Waals surface area contributed by atoms with Crippen LogP contribution in [0.4, 0.5) is 8.78 Å². The fraction of sp³-hybridized carbons (Fsp3) is 0.391. The van der Waals surface area contributed by atoms with Crippen molar-refractivity contribution in [3.8, 4) is 5.75 Å². The minimum atomic E-state index is -0.925. The molecule has 2 unspecified atom stereocenters. The maximum absolute atomic E-state index is 14.3. The van der Waals surface area contributed by atoms with Gasteiger partial charge in [0.25, 0.3) is 0 Å². The average Bonchev–Trinajstić information content (AvgIpc) is 2.71. The van der Waals surface area contributed by atoms with Crippen molar-refractivity contribution >= 4 is 0 Å². The SMILES string of the molecule is C/C=C/CCc1ccc(C2CCC(c3ccc(OC)c(F)c3F)CO2)cc1. The number of hydrogen-bond donors (Lipinski definition) is 0. The molecule has 0 saturated carbocycles.